The molecule has 0 bridgehead atoms. The molecule has 0 aliphatic heterocycles. The van der Waals surface area contributed by atoms with Crippen LogP contribution in [0.5, 0.6) is 5.75 Å². The summed E-state index contributed by atoms with van der Waals surface area (Å²) in [6, 6.07) is 12.0. The molecule has 0 radical (unpaired) electrons. The third kappa shape index (κ3) is 7.74. The maximum absolute atomic E-state index is 15.1. The van der Waals surface area contributed by atoms with Gasteiger partial charge in [-0.1, -0.05) is 11.2 Å². The molecule has 47 heavy (non-hydrogen) atoms. The fourth-order valence-corrected chi connectivity index (χ4v) is 5.92. The number of nitroso groups, excluding NO2 is 1. The first-order chi connectivity index (χ1) is 22.2. The number of hydrogen-bond donors (Lipinski definition) is 2. The predicted molar refractivity (Wildman–Crippen MR) is 166 cm³/mol. The standard InChI is InChI=1S/C32H28F4N4O6S/c1-17-40-30(19-5-8-23(9-6-19)46-32(34,35)36)31(45-17)24-11-20(21-12-26(33)25(16-41)28(13-21)47(2,43)44)7-10-27(24)38-14-22(15-39-42)29(37)18-3-4-18/h5-14,18,41H,3-4,15-16,37H2,1-2H3. The lowest BCUT2D eigenvalue weighted by Crippen LogP contribution is -2.16. The van der Waals surface area contributed by atoms with E-state index in [9.17, 15) is 31.6 Å². The van der Waals surface area contributed by atoms with Crippen LogP contribution in [0.25, 0.3) is 33.7 Å². The summed E-state index contributed by atoms with van der Waals surface area (Å²) in [4.78, 5) is 19.8. The monoisotopic (exact) mass is 672 g/mol. The largest absolute Gasteiger partial charge is 0.573 e. The molecule has 1 fully saturated rings. The van der Waals surface area contributed by atoms with E-state index in [0.717, 1.165) is 37.3 Å². The number of aliphatic hydroxyl groups is 1. The van der Waals surface area contributed by atoms with Crippen molar-refractivity contribution in [3.63, 3.8) is 0 Å². The number of hydrogen-bond acceptors (Lipinski definition) is 10. The molecule has 3 aromatic carbocycles. The minimum absolute atomic E-state index is 0.119. The molecule has 0 atom stereocenters. The molecule has 1 aliphatic rings. The van der Waals surface area contributed by atoms with Gasteiger partial charge in [-0.05, 0) is 78.4 Å². The second-order valence-electron chi connectivity index (χ2n) is 10.9. The summed E-state index contributed by atoms with van der Waals surface area (Å²) < 4.78 is 88.2. The minimum atomic E-state index is -4.88. The Bertz CT molecular complexity index is 2000. The Hall–Kier alpha value is -4.89. The number of ether oxygens (including phenoxy) is 1. The number of alkyl halides is 3. The van der Waals surface area contributed by atoms with Gasteiger partial charge in [0.15, 0.2) is 21.5 Å². The van der Waals surface area contributed by atoms with Crippen molar-refractivity contribution in [2.75, 3.05) is 12.8 Å². The molecular weight excluding hydrogens is 644 g/mol. The molecule has 1 aliphatic carbocycles. The number of nitrogens with zero attached hydrogens (tertiary/aromatic N) is 3. The van der Waals surface area contributed by atoms with E-state index in [2.05, 4.69) is 19.9 Å². The fraction of sp³-hybridized carbons (Fsp3) is 0.250. The van der Waals surface area contributed by atoms with Crippen LogP contribution in [0.4, 0.5) is 23.2 Å². The number of halogens is 4. The smallest absolute Gasteiger partial charge is 0.440 e. The quantitative estimate of drug-likeness (QED) is 0.0979. The van der Waals surface area contributed by atoms with Crippen molar-refractivity contribution >= 4 is 21.7 Å². The molecule has 5 rings (SSSR count). The van der Waals surface area contributed by atoms with Crippen molar-refractivity contribution in [3.8, 4) is 39.5 Å². The molecule has 246 valence electrons. The molecule has 3 N–H and O–H groups in total. The number of sulfone groups is 1. The number of nitrogens with two attached hydrogens (primary N) is 1. The first-order valence-electron chi connectivity index (χ1n) is 14.1. The molecule has 15 heteroatoms. The van der Waals surface area contributed by atoms with Gasteiger partial charge in [0.05, 0.1) is 17.2 Å². The van der Waals surface area contributed by atoms with E-state index in [0.29, 0.717) is 28.0 Å². The molecular formula is C32H28F4N4O6S. The summed E-state index contributed by atoms with van der Waals surface area (Å²) in [5.74, 6) is -0.910. The molecule has 0 unspecified atom stereocenters. The second kappa shape index (κ2) is 13.1. The van der Waals surface area contributed by atoms with Gasteiger partial charge in [0.25, 0.3) is 0 Å². The fourth-order valence-electron chi connectivity index (χ4n) is 4.97. The summed E-state index contributed by atoms with van der Waals surface area (Å²) in [5.41, 5.74) is 8.46. The molecule has 1 saturated carbocycles. The van der Waals surface area contributed by atoms with Crippen LogP contribution in [-0.4, -0.2) is 43.9 Å². The number of benzene rings is 3. The van der Waals surface area contributed by atoms with Crippen LogP contribution in [0.1, 0.15) is 24.3 Å². The highest BCUT2D eigenvalue weighted by Crippen LogP contribution is 2.42. The lowest BCUT2D eigenvalue weighted by molar-refractivity contribution is -0.274. The maximum atomic E-state index is 15.1. The van der Waals surface area contributed by atoms with Gasteiger partial charge in [0, 0.05) is 47.4 Å². The van der Waals surface area contributed by atoms with Crippen LogP contribution >= 0.6 is 0 Å². The van der Waals surface area contributed by atoms with Gasteiger partial charge in [0.2, 0.25) is 0 Å². The molecule has 0 saturated heterocycles. The van der Waals surface area contributed by atoms with E-state index >= 15 is 4.39 Å². The number of allylic oxidation sites excluding steroid dienone is 1. The Labute approximate surface area is 266 Å². The van der Waals surface area contributed by atoms with Crippen LogP contribution in [0.2, 0.25) is 0 Å². The Morgan fingerprint density at radius 3 is 2.38 bits per heavy atom. The third-order valence-corrected chi connectivity index (χ3v) is 8.53. The average molecular weight is 673 g/mol. The van der Waals surface area contributed by atoms with Crippen LogP contribution < -0.4 is 10.5 Å². The van der Waals surface area contributed by atoms with E-state index in [1.54, 1.807) is 25.1 Å². The van der Waals surface area contributed by atoms with Gasteiger partial charge in [-0.25, -0.2) is 17.8 Å². The van der Waals surface area contributed by atoms with E-state index in [-0.39, 0.29) is 51.5 Å². The van der Waals surface area contributed by atoms with Crippen LogP contribution in [-0.2, 0) is 16.4 Å². The topological polar surface area (TPSA) is 157 Å². The molecule has 1 heterocycles. The number of rotatable bonds is 11. The molecule has 0 amide bonds. The molecule has 4 aromatic rings. The number of aliphatic imine (C=N–C) groups is 1. The van der Waals surface area contributed by atoms with Crippen LogP contribution in [0.15, 0.2) is 85.3 Å². The van der Waals surface area contributed by atoms with Crippen molar-refractivity contribution in [2.45, 2.75) is 37.6 Å². The van der Waals surface area contributed by atoms with Gasteiger partial charge in [-0.2, -0.15) is 4.91 Å². The Balaban J connectivity index is 1.69. The third-order valence-electron chi connectivity index (χ3n) is 7.36. The zero-order chi connectivity index (χ0) is 34.1. The van der Waals surface area contributed by atoms with E-state index in [1.165, 1.54) is 24.4 Å². The average Bonchev–Trinajstić information content (AvgIpc) is 3.78. The van der Waals surface area contributed by atoms with E-state index in [1.807, 2.05) is 0 Å². The first-order valence-corrected chi connectivity index (χ1v) is 16.0. The van der Waals surface area contributed by atoms with E-state index < -0.39 is 34.4 Å². The lowest BCUT2D eigenvalue weighted by atomic mass is 9.97. The van der Waals surface area contributed by atoms with Crippen molar-refractivity contribution in [1.29, 1.82) is 0 Å². The SMILES string of the molecule is Cc1nc(-c2ccc(OC(F)(F)F)cc2)c(-c2cc(-c3cc(F)c(CO)c(S(C)(=O)=O)c3)ccc2N=CC(CN=O)=C(N)C2CC2)o1. The van der Waals surface area contributed by atoms with Crippen molar-refractivity contribution in [3.05, 3.63) is 88.0 Å². The highest BCUT2D eigenvalue weighted by molar-refractivity contribution is 7.90. The zero-order valence-electron chi connectivity index (χ0n) is 25.0. The normalized spacial score (nSPS) is 14.4. The first kappa shape index (κ1) is 33.5. The second-order valence-corrected chi connectivity index (χ2v) is 12.9. The van der Waals surface area contributed by atoms with Gasteiger partial charge in [-0.15, -0.1) is 13.2 Å². The summed E-state index contributed by atoms with van der Waals surface area (Å²) in [6.07, 6.45) is -0.828. The predicted octanol–water partition coefficient (Wildman–Crippen LogP) is 7.01. The summed E-state index contributed by atoms with van der Waals surface area (Å²) in [6.45, 7) is 0.509. The number of oxazole rings is 1. The number of aromatic nitrogens is 1. The van der Waals surface area contributed by atoms with Gasteiger partial charge < -0.3 is 20.0 Å². The molecule has 10 nitrogen and oxygen atoms in total. The number of aliphatic hydroxyl groups excluding tert-OH is 1. The van der Waals surface area contributed by atoms with Crippen LogP contribution in [0, 0.1) is 23.6 Å². The summed E-state index contributed by atoms with van der Waals surface area (Å²) in [5, 5.41) is 12.6. The highest BCUT2D eigenvalue weighted by atomic mass is 32.2. The molecule has 1 aromatic heterocycles. The minimum Gasteiger partial charge on any atom is -0.440 e. The maximum Gasteiger partial charge on any atom is 0.573 e. The van der Waals surface area contributed by atoms with Gasteiger partial charge in [-0.3, -0.25) is 4.99 Å². The Morgan fingerprint density at radius 2 is 1.79 bits per heavy atom. The molecule has 0 spiro atoms. The van der Waals surface area contributed by atoms with Crippen molar-refractivity contribution in [1.82, 2.24) is 4.98 Å². The van der Waals surface area contributed by atoms with Gasteiger partial charge in [0.1, 0.15) is 23.8 Å². The summed E-state index contributed by atoms with van der Waals surface area (Å²) >= 11 is 0. The van der Waals surface area contributed by atoms with Crippen LogP contribution in [0.3, 0.4) is 0 Å². The van der Waals surface area contributed by atoms with Crippen molar-refractivity contribution < 1.29 is 40.2 Å². The Morgan fingerprint density at radius 1 is 1.11 bits per heavy atom. The highest BCUT2D eigenvalue weighted by Gasteiger charge is 2.31. The Kier molecular flexibility index (Phi) is 9.32. The van der Waals surface area contributed by atoms with E-state index in [4.69, 9.17) is 10.2 Å². The number of aryl methyl sites for hydroxylation is 1. The van der Waals surface area contributed by atoms with Crippen molar-refractivity contribution in [2.24, 2.45) is 21.8 Å². The zero-order valence-corrected chi connectivity index (χ0v) is 25.8. The summed E-state index contributed by atoms with van der Waals surface area (Å²) in [7, 11) is -3.94. The lowest BCUT2D eigenvalue weighted by Gasteiger charge is -2.13. The van der Waals surface area contributed by atoms with Gasteiger partial charge >= 0.3 is 6.36 Å².